The second kappa shape index (κ2) is 8.77. The van der Waals surface area contributed by atoms with Gasteiger partial charge in [0.1, 0.15) is 5.75 Å². The molecule has 5 rings (SSSR count). The minimum Gasteiger partial charge on any atom is -0.497 e. The third kappa shape index (κ3) is 4.30. The standard InChI is InChI=1S/C24H18ClN5O3S/c1-33-17-6-10-21-20(14-17)23(19-9-3-15(25)13-22(19)29-21)28-16-4-7-18(8-5-16)34(31,32)30-24-26-11-2-12-27-24/h2-14H,1H3,(H,28,29)(H,26,27,30). The van der Waals surface area contributed by atoms with Gasteiger partial charge in [0, 0.05) is 33.9 Å². The first-order valence-corrected chi connectivity index (χ1v) is 12.0. The van der Waals surface area contributed by atoms with Crippen LogP contribution in [0.4, 0.5) is 17.3 Å². The lowest BCUT2D eigenvalue weighted by Crippen LogP contribution is -2.14. The number of benzene rings is 3. The van der Waals surface area contributed by atoms with Crippen molar-refractivity contribution in [3.63, 3.8) is 0 Å². The molecule has 0 atom stereocenters. The average Bonchev–Trinajstić information content (AvgIpc) is 2.84. The van der Waals surface area contributed by atoms with Crippen LogP contribution < -0.4 is 14.8 Å². The number of ether oxygens (including phenoxy) is 1. The summed E-state index contributed by atoms with van der Waals surface area (Å²) in [6.45, 7) is 0. The van der Waals surface area contributed by atoms with Crippen molar-refractivity contribution in [1.82, 2.24) is 15.0 Å². The lowest BCUT2D eigenvalue weighted by Gasteiger charge is -2.15. The van der Waals surface area contributed by atoms with E-state index in [0.29, 0.717) is 16.5 Å². The van der Waals surface area contributed by atoms with Crippen molar-refractivity contribution in [2.24, 2.45) is 0 Å². The van der Waals surface area contributed by atoms with E-state index in [1.165, 1.54) is 24.5 Å². The molecule has 3 aromatic carbocycles. The van der Waals surface area contributed by atoms with Gasteiger partial charge in [0.2, 0.25) is 5.95 Å². The van der Waals surface area contributed by atoms with Crippen molar-refractivity contribution < 1.29 is 13.2 Å². The summed E-state index contributed by atoms with van der Waals surface area (Å²) in [5.41, 5.74) is 3.01. The zero-order valence-corrected chi connectivity index (χ0v) is 19.4. The number of nitrogens with zero attached hydrogens (tertiary/aromatic N) is 3. The summed E-state index contributed by atoms with van der Waals surface area (Å²) in [4.78, 5) is 12.6. The molecule has 170 valence electrons. The molecule has 2 N–H and O–H groups in total. The maximum Gasteiger partial charge on any atom is 0.264 e. The molecular weight excluding hydrogens is 474 g/mol. The number of methoxy groups -OCH3 is 1. The molecule has 0 aliphatic rings. The van der Waals surface area contributed by atoms with Crippen LogP contribution in [0.15, 0.2) is 84.0 Å². The predicted octanol–water partition coefficient (Wildman–Crippen LogP) is 5.38. The Balaban J connectivity index is 1.53. The van der Waals surface area contributed by atoms with E-state index in [1.54, 1.807) is 37.4 Å². The normalized spacial score (nSPS) is 11.5. The molecule has 34 heavy (non-hydrogen) atoms. The highest BCUT2D eigenvalue weighted by Crippen LogP contribution is 2.36. The summed E-state index contributed by atoms with van der Waals surface area (Å²) in [6.07, 6.45) is 2.92. The van der Waals surface area contributed by atoms with Gasteiger partial charge in [0.05, 0.1) is 28.7 Å². The lowest BCUT2D eigenvalue weighted by atomic mass is 10.1. The third-order valence-corrected chi connectivity index (χ3v) is 6.75. The van der Waals surface area contributed by atoms with Crippen LogP contribution in [0.1, 0.15) is 0 Å². The number of hydrogen-bond donors (Lipinski definition) is 2. The van der Waals surface area contributed by atoms with Crippen LogP contribution in [0.2, 0.25) is 5.02 Å². The third-order valence-electron chi connectivity index (χ3n) is 5.17. The van der Waals surface area contributed by atoms with Crippen LogP contribution in [0.3, 0.4) is 0 Å². The summed E-state index contributed by atoms with van der Waals surface area (Å²) in [7, 11) is -2.22. The van der Waals surface area contributed by atoms with Crippen molar-refractivity contribution in [1.29, 1.82) is 0 Å². The van der Waals surface area contributed by atoms with Crippen LogP contribution >= 0.6 is 11.6 Å². The Kier molecular flexibility index (Phi) is 5.64. The summed E-state index contributed by atoms with van der Waals surface area (Å²) in [5.74, 6) is 0.702. The molecule has 5 aromatic rings. The number of pyridine rings is 1. The van der Waals surface area contributed by atoms with E-state index in [-0.39, 0.29) is 10.8 Å². The molecule has 0 radical (unpaired) electrons. The van der Waals surface area contributed by atoms with Gasteiger partial charge in [-0.25, -0.2) is 28.1 Å². The smallest absolute Gasteiger partial charge is 0.264 e. The van der Waals surface area contributed by atoms with Gasteiger partial charge >= 0.3 is 0 Å². The molecule has 0 spiro atoms. The SMILES string of the molecule is COc1ccc2nc3cc(Cl)ccc3c(Nc3ccc(S(=O)(=O)Nc4ncccn4)cc3)c2c1. The van der Waals surface area contributed by atoms with Crippen LogP contribution in [0.25, 0.3) is 21.8 Å². The maximum absolute atomic E-state index is 12.7. The monoisotopic (exact) mass is 491 g/mol. The highest BCUT2D eigenvalue weighted by atomic mass is 35.5. The Bertz CT molecular complexity index is 1610. The molecule has 0 amide bonds. The van der Waals surface area contributed by atoms with E-state index in [2.05, 4.69) is 20.0 Å². The largest absolute Gasteiger partial charge is 0.497 e. The Morgan fingerprint density at radius 1 is 0.882 bits per heavy atom. The minimum atomic E-state index is -3.83. The van der Waals surface area contributed by atoms with Gasteiger partial charge < -0.3 is 10.1 Å². The first kappa shape index (κ1) is 21.9. The second-order valence-corrected chi connectivity index (χ2v) is 9.48. The van der Waals surface area contributed by atoms with E-state index < -0.39 is 10.0 Å². The van der Waals surface area contributed by atoms with Gasteiger partial charge in [-0.3, -0.25) is 0 Å². The number of fused-ring (bicyclic) bond motifs is 2. The fourth-order valence-corrected chi connectivity index (χ4v) is 4.68. The molecule has 0 fully saturated rings. The van der Waals surface area contributed by atoms with E-state index in [9.17, 15) is 8.42 Å². The molecule has 0 unspecified atom stereocenters. The maximum atomic E-state index is 12.7. The first-order chi connectivity index (χ1) is 16.4. The van der Waals surface area contributed by atoms with Crippen molar-refractivity contribution in [3.8, 4) is 5.75 Å². The van der Waals surface area contributed by atoms with Gasteiger partial charge in [0.25, 0.3) is 10.0 Å². The van der Waals surface area contributed by atoms with Gasteiger partial charge in [-0.2, -0.15) is 0 Å². The number of aromatic nitrogens is 3. The number of anilines is 3. The van der Waals surface area contributed by atoms with Gasteiger partial charge in [-0.05, 0) is 66.7 Å². The molecule has 8 nitrogen and oxygen atoms in total. The van der Waals surface area contributed by atoms with Gasteiger partial charge in [-0.1, -0.05) is 11.6 Å². The number of halogens is 1. The number of nitrogens with one attached hydrogen (secondary N) is 2. The highest BCUT2D eigenvalue weighted by molar-refractivity contribution is 7.92. The minimum absolute atomic E-state index is 0.00651. The fraction of sp³-hybridized carbons (Fsp3) is 0.0417. The van der Waals surface area contributed by atoms with Crippen LogP contribution in [0.5, 0.6) is 5.75 Å². The van der Waals surface area contributed by atoms with Crippen molar-refractivity contribution in [2.45, 2.75) is 4.90 Å². The summed E-state index contributed by atoms with van der Waals surface area (Å²) in [5, 5.41) is 5.72. The highest BCUT2D eigenvalue weighted by Gasteiger charge is 2.16. The zero-order chi connectivity index (χ0) is 23.7. The average molecular weight is 492 g/mol. The molecule has 10 heteroatoms. The molecule has 2 heterocycles. The molecular formula is C24H18ClN5O3S. The molecule has 0 aliphatic carbocycles. The van der Waals surface area contributed by atoms with E-state index in [4.69, 9.17) is 21.3 Å². The van der Waals surface area contributed by atoms with Crippen LogP contribution in [-0.2, 0) is 10.0 Å². The lowest BCUT2D eigenvalue weighted by molar-refractivity contribution is 0.415. The van der Waals surface area contributed by atoms with Crippen molar-refractivity contribution in [2.75, 3.05) is 17.1 Å². The Morgan fingerprint density at radius 2 is 1.65 bits per heavy atom. The predicted molar refractivity (Wildman–Crippen MR) is 133 cm³/mol. The topological polar surface area (TPSA) is 106 Å². The Hall–Kier alpha value is -3.95. The van der Waals surface area contributed by atoms with Crippen LogP contribution in [0, 0.1) is 0 Å². The van der Waals surface area contributed by atoms with Crippen LogP contribution in [-0.4, -0.2) is 30.5 Å². The Labute approximate surface area is 200 Å². The number of hydrogen-bond acceptors (Lipinski definition) is 7. The van der Waals surface area contributed by atoms with Gasteiger partial charge in [-0.15, -0.1) is 0 Å². The van der Waals surface area contributed by atoms with Gasteiger partial charge in [0.15, 0.2) is 0 Å². The number of sulfonamides is 1. The molecule has 0 saturated heterocycles. The molecule has 0 aliphatic heterocycles. The second-order valence-electron chi connectivity index (χ2n) is 7.36. The fourth-order valence-electron chi connectivity index (χ4n) is 3.55. The summed E-state index contributed by atoms with van der Waals surface area (Å²) < 4.78 is 33.1. The molecule has 2 aromatic heterocycles. The van der Waals surface area contributed by atoms with Crippen molar-refractivity contribution in [3.05, 3.63) is 84.1 Å². The zero-order valence-electron chi connectivity index (χ0n) is 17.9. The van der Waals surface area contributed by atoms with E-state index in [1.807, 2.05) is 24.3 Å². The molecule has 0 saturated carbocycles. The van der Waals surface area contributed by atoms with E-state index in [0.717, 1.165) is 27.5 Å². The van der Waals surface area contributed by atoms with E-state index >= 15 is 0 Å². The summed E-state index contributed by atoms with van der Waals surface area (Å²) >= 11 is 6.20. The molecule has 0 bridgehead atoms. The Morgan fingerprint density at radius 3 is 2.38 bits per heavy atom. The first-order valence-electron chi connectivity index (χ1n) is 10.2. The quantitative estimate of drug-likeness (QED) is 0.307. The summed E-state index contributed by atoms with van der Waals surface area (Å²) in [6, 6.07) is 19.1. The van der Waals surface area contributed by atoms with Crippen molar-refractivity contribution >= 4 is 60.8 Å². The number of rotatable bonds is 6.